The van der Waals surface area contributed by atoms with Crippen LogP contribution in [0.3, 0.4) is 0 Å². The molecular formula is C13H16ClN3O. The van der Waals surface area contributed by atoms with Crippen molar-refractivity contribution in [3.05, 3.63) is 23.2 Å². The van der Waals surface area contributed by atoms with Gasteiger partial charge >= 0.3 is 0 Å². The molecule has 1 aliphatic heterocycles. The van der Waals surface area contributed by atoms with E-state index in [1.54, 1.807) is 0 Å². The first-order chi connectivity index (χ1) is 8.74. The smallest absolute Gasteiger partial charge is 0.201 e. The zero-order chi connectivity index (χ0) is 12.5. The Hall–Kier alpha value is -1.26. The summed E-state index contributed by atoms with van der Waals surface area (Å²) in [5.41, 5.74) is 7.84. The highest BCUT2D eigenvalue weighted by Gasteiger charge is 2.17. The van der Waals surface area contributed by atoms with Gasteiger partial charge in [0.15, 0.2) is 0 Å². The number of nitrogens with two attached hydrogens (primary N) is 1. The number of anilines is 1. The number of hydrogen-bond acceptors (Lipinski definition) is 3. The average molecular weight is 266 g/mol. The molecule has 1 saturated heterocycles. The maximum atomic E-state index is 5.97. The molecule has 3 rings (SSSR count). The van der Waals surface area contributed by atoms with Crippen molar-refractivity contribution in [2.45, 2.75) is 31.9 Å². The van der Waals surface area contributed by atoms with E-state index in [-0.39, 0.29) is 6.10 Å². The Labute approximate surface area is 111 Å². The number of imidazole rings is 1. The van der Waals surface area contributed by atoms with Gasteiger partial charge in [0.05, 0.1) is 23.7 Å². The van der Waals surface area contributed by atoms with E-state index in [9.17, 15) is 0 Å². The van der Waals surface area contributed by atoms with Crippen molar-refractivity contribution in [3.8, 4) is 0 Å². The second-order valence-corrected chi connectivity index (χ2v) is 5.14. The molecule has 0 amide bonds. The van der Waals surface area contributed by atoms with Gasteiger partial charge in [-0.2, -0.15) is 0 Å². The van der Waals surface area contributed by atoms with Crippen LogP contribution in [0.4, 0.5) is 5.95 Å². The van der Waals surface area contributed by atoms with E-state index in [2.05, 4.69) is 4.98 Å². The molecule has 0 spiro atoms. The molecule has 1 aromatic carbocycles. The number of fused-ring (bicyclic) bond motifs is 1. The van der Waals surface area contributed by atoms with E-state index in [0.29, 0.717) is 11.0 Å². The highest BCUT2D eigenvalue weighted by Crippen LogP contribution is 2.24. The summed E-state index contributed by atoms with van der Waals surface area (Å²) in [7, 11) is 0. The summed E-state index contributed by atoms with van der Waals surface area (Å²) in [6, 6.07) is 5.67. The predicted octanol–water partition coefficient (Wildman–Crippen LogP) is 2.84. The molecule has 0 saturated carbocycles. The lowest BCUT2D eigenvalue weighted by atomic mass is 10.1. The highest BCUT2D eigenvalue weighted by molar-refractivity contribution is 6.31. The van der Waals surface area contributed by atoms with E-state index in [4.69, 9.17) is 22.1 Å². The van der Waals surface area contributed by atoms with Gasteiger partial charge in [-0.3, -0.25) is 0 Å². The van der Waals surface area contributed by atoms with Gasteiger partial charge in [-0.05, 0) is 37.5 Å². The van der Waals surface area contributed by atoms with Crippen molar-refractivity contribution in [1.29, 1.82) is 0 Å². The normalized spacial score (nSPS) is 20.4. The van der Waals surface area contributed by atoms with Gasteiger partial charge in [-0.25, -0.2) is 4.98 Å². The topological polar surface area (TPSA) is 53.1 Å². The molecule has 1 aliphatic rings. The van der Waals surface area contributed by atoms with Crippen LogP contribution in [0.5, 0.6) is 0 Å². The number of aromatic nitrogens is 2. The van der Waals surface area contributed by atoms with Crippen LogP contribution >= 0.6 is 11.6 Å². The largest absolute Gasteiger partial charge is 0.376 e. The zero-order valence-electron chi connectivity index (χ0n) is 10.1. The molecule has 1 unspecified atom stereocenters. The van der Waals surface area contributed by atoms with Gasteiger partial charge in [-0.1, -0.05) is 11.6 Å². The van der Waals surface area contributed by atoms with E-state index >= 15 is 0 Å². The summed E-state index contributed by atoms with van der Waals surface area (Å²) in [5, 5.41) is 0.682. The molecule has 2 N–H and O–H groups in total. The second kappa shape index (κ2) is 4.78. The quantitative estimate of drug-likeness (QED) is 0.908. The molecule has 96 valence electrons. The number of hydrogen-bond donors (Lipinski definition) is 1. The molecule has 2 heterocycles. The molecule has 5 heteroatoms. The minimum Gasteiger partial charge on any atom is -0.376 e. The number of ether oxygens (including phenoxy) is 1. The molecule has 0 radical (unpaired) electrons. The van der Waals surface area contributed by atoms with Crippen LogP contribution in [0.15, 0.2) is 18.2 Å². The fourth-order valence-corrected chi connectivity index (χ4v) is 2.63. The van der Waals surface area contributed by atoms with Crippen LogP contribution in [0.25, 0.3) is 11.0 Å². The molecule has 0 bridgehead atoms. The number of rotatable bonds is 2. The second-order valence-electron chi connectivity index (χ2n) is 4.70. The summed E-state index contributed by atoms with van der Waals surface area (Å²) in [6.07, 6.45) is 3.72. The van der Waals surface area contributed by atoms with Crippen molar-refractivity contribution < 1.29 is 4.74 Å². The van der Waals surface area contributed by atoms with Crippen LogP contribution in [0.2, 0.25) is 5.02 Å². The lowest BCUT2D eigenvalue weighted by Crippen LogP contribution is -2.25. The first-order valence-electron chi connectivity index (χ1n) is 6.27. The standard InChI is InChI=1S/C13H16ClN3O/c14-9-4-5-12-11(7-9)16-13(15)17(12)8-10-3-1-2-6-18-10/h4-5,7,10H,1-3,6,8H2,(H2,15,16). The summed E-state index contributed by atoms with van der Waals surface area (Å²) in [4.78, 5) is 4.34. The molecule has 1 atom stereocenters. The zero-order valence-corrected chi connectivity index (χ0v) is 10.9. The lowest BCUT2D eigenvalue weighted by molar-refractivity contribution is 0.00694. The van der Waals surface area contributed by atoms with Crippen molar-refractivity contribution in [1.82, 2.24) is 9.55 Å². The minimum absolute atomic E-state index is 0.245. The summed E-state index contributed by atoms with van der Waals surface area (Å²) in [6.45, 7) is 1.62. The monoisotopic (exact) mass is 265 g/mol. The van der Waals surface area contributed by atoms with Crippen molar-refractivity contribution in [2.24, 2.45) is 0 Å². The van der Waals surface area contributed by atoms with E-state index in [1.165, 1.54) is 6.42 Å². The predicted molar refractivity (Wildman–Crippen MR) is 72.7 cm³/mol. The van der Waals surface area contributed by atoms with Crippen LogP contribution in [-0.2, 0) is 11.3 Å². The van der Waals surface area contributed by atoms with Gasteiger partial charge < -0.3 is 15.0 Å². The number of nitrogen functional groups attached to an aromatic ring is 1. The van der Waals surface area contributed by atoms with Crippen LogP contribution in [-0.4, -0.2) is 22.3 Å². The third-order valence-electron chi connectivity index (χ3n) is 3.40. The van der Waals surface area contributed by atoms with Gasteiger partial charge in [0.1, 0.15) is 0 Å². The van der Waals surface area contributed by atoms with E-state index < -0.39 is 0 Å². The fraction of sp³-hybridized carbons (Fsp3) is 0.462. The van der Waals surface area contributed by atoms with Gasteiger partial charge in [0, 0.05) is 11.6 Å². The molecule has 0 aliphatic carbocycles. The first-order valence-corrected chi connectivity index (χ1v) is 6.65. The van der Waals surface area contributed by atoms with E-state index in [0.717, 1.165) is 37.0 Å². The molecule has 1 fully saturated rings. The number of halogens is 1. The Morgan fingerprint density at radius 2 is 2.33 bits per heavy atom. The molecule has 2 aromatic rings. The first kappa shape index (κ1) is 11.8. The third-order valence-corrected chi connectivity index (χ3v) is 3.64. The van der Waals surface area contributed by atoms with Crippen molar-refractivity contribution >= 4 is 28.6 Å². The maximum absolute atomic E-state index is 5.97. The maximum Gasteiger partial charge on any atom is 0.201 e. The Bertz CT molecular complexity index is 561. The highest BCUT2D eigenvalue weighted by atomic mass is 35.5. The molecular weight excluding hydrogens is 250 g/mol. The van der Waals surface area contributed by atoms with Crippen molar-refractivity contribution in [2.75, 3.05) is 12.3 Å². The Morgan fingerprint density at radius 1 is 1.44 bits per heavy atom. The molecule has 18 heavy (non-hydrogen) atoms. The van der Waals surface area contributed by atoms with Crippen LogP contribution < -0.4 is 5.73 Å². The lowest BCUT2D eigenvalue weighted by Gasteiger charge is -2.23. The minimum atomic E-state index is 0.245. The number of nitrogens with zero attached hydrogens (tertiary/aromatic N) is 2. The van der Waals surface area contributed by atoms with E-state index in [1.807, 2.05) is 22.8 Å². The Balaban J connectivity index is 1.92. The SMILES string of the molecule is Nc1nc2cc(Cl)ccc2n1CC1CCCCO1. The molecule has 1 aromatic heterocycles. The third kappa shape index (κ3) is 2.18. The average Bonchev–Trinajstić information content (AvgIpc) is 2.66. The number of benzene rings is 1. The summed E-state index contributed by atoms with van der Waals surface area (Å²) in [5.74, 6) is 0.529. The molecule has 4 nitrogen and oxygen atoms in total. The van der Waals surface area contributed by atoms with Crippen LogP contribution in [0, 0.1) is 0 Å². The summed E-state index contributed by atoms with van der Waals surface area (Å²) >= 11 is 5.96. The van der Waals surface area contributed by atoms with Crippen molar-refractivity contribution in [3.63, 3.8) is 0 Å². The van der Waals surface area contributed by atoms with Gasteiger partial charge in [-0.15, -0.1) is 0 Å². The Kier molecular flexibility index (Phi) is 3.14. The van der Waals surface area contributed by atoms with Gasteiger partial charge in [0.25, 0.3) is 0 Å². The summed E-state index contributed by atoms with van der Waals surface area (Å²) < 4.78 is 7.76. The Morgan fingerprint density at radius 3 is 3.11 bits per heavy atom. The fourth-order valence-electron chi connectivity index (χ4n) is 2.47. The van der Waals surface area contributed by atoms with Crippen LogP contribution in [0.1, 0.15) is 19.3 Å². The van der Waals surface area contributed by atoms with Gasteiger partial charge in [0.2, 0.25) is 5.95 Å².